The molecule has 20 heavy (non-hydrogen) atoms. The molecule has 3 unspecified atom stereocenters. The van der Waals surface area contributed by atoms with Crippen LogP contribution in [0.5, 0.6) is 0 Å². The maximum absolute atomic E-state index is 10.2. The topological polar surface area (TPSA) is 56.0 Å². The summed E-state index contributed by atoms with van der Waals surface area (Å²) < 4.78 is 0. The molecular formula is C16H22N2OS. The lowest BCUT2D eigenvalue weighted by Crippen LogP contribution is -2.42. The Morgan fingerprint density at radius 3 is 2.70 bits per heavy atom. The smallest absolute Gasteiger partial charge is 0.0991 e. The molecule has 0 saturated heterocycles. The second-order valence-corrected chi connectivity index (χ2v) is 6.40. The van der Waals surface area contributed by atoms with E-state index < -0.39 is 6.10 Å². The first-order valence-corrected chi connectivity index (χ1v) is 8.47. The third kappa shape index (κ3) is 3.99. The van der Waals surface area contributed by atoms with Gasteiger partial charge in [0.25, 0.3) is 0 Å². The average molecular weight is 290 g/mol. The Kier molecular flexibility index (Phi) is 5.90. The van der Waals surface area contributed by atoms with Crippen molar-refractivity contribution in [1.82, 2.24) is 5.32 Å². The minimum atomic E-state index is -0.507. The third-order valence-electron chi connectivity index (χ3n) is 4.00. The Morgan fingerprint density at radius 1 is 1.35 bits per heavy atom. The number of hydrogen-bond donors (Lipinski definition) is 2. The van der Waals surface area contributed by atoms with Gasteiger partial charge in [0.1, 0.15) is 0 Å². The normalized spacial score (nSPS) is 24.1. The molecule has 3 atom stereocenters. The van der Waals surface area contributed by atoms with Crippen molar-refractivity contribution >= 4 is 11.8 Å². The zero-order valence-electron chi connectivity index (χ0n) is 11.9. The van der Waals surface area contributed by atoms with Crippen molar-refractivity contribution in [2.45, 2.75) is 43.1 Å². The highest BCUT2D eigenvalue weighted by Gasteiger charge is 2.24. The Bertz CT molecular complexity index is 455. The summed E-state index contributed by atoms with van der Waals surface area (Å²) in [6.07, 6.45) is 6.73. The van der Waals surface area contributed by atoms with E-state index in [4.69, 9.17) is 5.26 Å². The molecule has 1 aliphatic carbocycles. The van der Waals surface area contributed by atoms with Gasteiger partial charge in [-0.2, -0.15) is 17.0 Å². The molecular weight excluding hydrogens is 268 g/mol. The van der Waals surface area contributed by atoms with E-state index in [1.54, 1.807) is 12.1 Å². The van der Waals surface area contributed by atoms with Gasteiger partial charge in [0.05, 0.1) is 17.7 Å². The fraction of sp³-hybridized carbons (Fsp3) is 0.562. The maximum atomic E-state index is 10.2. The first-order chi connectivity index (χ1) is 9.74. The lowest BCUT2D eigenvalue weighted by atomic mass is 9.94. The number of aliphatic hydroxyl groups excluding tert-OH is 1. The summed E-state index contributed by atoms with van der Waals surface area (Å²) in [5.74, 6) is 0. The quantitative estimate of drug-likeness (QED) is 0.875. The van der Waals surface area contributed by atoms with Crippen molar-refractivity contribution in [1.29, 1.82) is 5.26 Å². The number of nitrogens with zero attached hydrogens (tertiary/aromatic N) is 1. The van der Waals surface area contributed by atoms with Gasteiger partial charge in [-0.05, 0) is 36.8 Å². The van der Waals surface area contributed by atoms with E-state index in [0.717, 1.165) is 5.56 Å². The monoisotopic (exact) mass is 290 g/mol. The van der Waals surface area contributed by atoms with Crippen molar-refractivity contribution in [3.8, 4) is 6.07 Å². The molecule has 0 aliphatic heterocycles. The molecule has 1 aromatic carbocycles. The Labute approximate surface area is 125 Å². The predicted molar refractivity (Wildman–Crippen MR) is 83.7 cm³/mol. The standard InChI is InChI=1S/C16H22N2OS/c1-20-16-5-3-2-4-14(16)18-11-15(19)13-8-6-12(10-17)7-9-13/h6-9,14-16,18-19H,2-5,11H2,1H3. The van der Waals surface area contributed by atoms with E-state index >= 15 is 0 Å². The molecule has 0 radical (unpaired) electrons. The van der Waals surface area contributed by atoms with Crippen LogP contribution in [0.3, 0.4) is 0 Å². The lowest BCUT2D eigenvalue weighted by molar-refractivity contribution is 0.166. The molecule has 4 heteroatoms. The van der Waals surface area contributed by atoms with Crippen molar-refractivity contribution in [3.05, 3.63) is 35.4 Å². The molecule has 3 nitrogen and oxygen atoms in total. The van der Waals surface area contributed by atoms with E-state index in [1.165, 1.54) is 25.7 Å². The summed E-state index contributed by atoms with van der Waals surface area (Å²) in [6.45, 7) is 0.577. The summed E-state index contributed by atoms with van der Waals surface area (Å²) in [7, 11) is 0. The van der Waals surface area contributed by atoms with Gasteiger partial charge in [-0.1, -0.05) is 25.0 Å². The average Bonchev–Trinajstić information content (AvgIpc) is 2.53. The summed E-state index contributed by atoms with van der Waals surface area (Å²) in [5.41, 5.74) is 1.50. The van der Waals surface area contributed by atoms with Gasteiger partial charge in [0.2, 0.25) is 0 Å². The zero-order valence-corrected chi connectivity index (χ0v) is 12.7. The molecule has 108 valence electrons. The minimum Gasteiger partial charge on any atom is -0.387 e. The van der Waals surface area contributed by atoms with Crippen LogP contribution in [-0.4, -0.2) is 29.2 Å². The number of hydrogen-bond acceptors (Lipinski definition) is 4. The number of aliphatic hydroxyl groups is 1. The Hall–Kier alpha value is -1.02. The Morgan fingerprint density at radius 2 is 2.05 bits per heavy atom. The van der Waals surface area contributed by atoms with Crippen LogP contribution in [0.2, 0.25) is 0 Å². The molecule has 1 aromatic rings. The first-order valence-electron chi connectivity index (χ1n) is 7.19. The second-order valence-electron chi connectivity index (χ2n) is 5.32. The van der Waals surface area contributed by atoms with E-state index in [0.29, 0.717) is 23.4 Å². The summed E-state index contributed by atoms with van der Waals surface area (Å²) in [6, 6.07) is 9.77. The Balaban J connectivity index is 1.87. The van der Waals surface area contributed by atoms with Gasteiger partial charge in [0, 0.05) is 17.8 Å². The van der Waals surface area contributed by atoms with Crippen LogP contribution in [0.25, 0.3) is 0 Å². The van der Waals surface area contributed by atoms with Gasteiger partial charge in [0.15, 0.2) is 0 Å². The number of thioether (sulfide) groups is 1. The van der Waals surface area contributed by atoms with Crippen LogP contribution in [0.15, 0.2) is 24.3 Å². The highest BCUT2D eigenvalue weighted by Crippen LogP contribution is 2.27. The molecule has 1 fully saturated rings. The fourth-order valence-corrected chi connectivity index (χ4v) is 3.74. The van der Waals surface area contributed by atoms with Crippen LogP contribution >= 0.6 is 11.8 Å². The van der Waals surface area contributed by atoms with Crippen LogP contribution in [0.1, 0.15) is 42.9 Å². The predicted octanol–water partition coefficient (Wildman–Crippen LogP) is 2.86. The maximum Gasteiger partial charge on any atom is 0.0991 e. The zero-order chi connectivity index (χ0) is 14.4. The largest absolute Gasteiger partial charge is 0.387 e. The van der Waals surface area contributed by atoms with Gasteiger partial charge in [-0.3, -0.25) is 0 Å². The van der Waals surface area contributed by atoms with Gasteiger partial charge < -0.3 is 10.4 Å². The lowest BCUT2D eigenvalue weighted by Gasteiger charge is -2.31. The first kappa shape index (κ1) is 15.4. The van der Waals surface area contributed by atoms with E-state index in [-0.39, 0.29) is 0 Å². The highest BCUT2D eigenvalue weighted by molar-refractivity contribution is 7.99. The van der Waals surface area contributed by atoms with Crippen molar-refractivity contribution in [3.63, 3.8) is 0 Å². The molecule has 2 N–H and O–H groups in total. The van der Waals surface area contributed by atoms with Crippen molar-refractivity contribution in [2.24, 2.45) is 0 Å². The molecule has 0 bridgehead atoms. The highest BCUT2D eigenvalue weighted by atomic mass is 32.2. The van der Waals surface area contributed by atoms with E-state index in [2.05, 4.69) is 17.6 Å². The van der Waals surface area contributed by atoms with Gasteiger partial charge in [-0.25, -0.2) is 0 Å². The van der Waals surface area contributed by atoms with Crippen LogP contribution < -0.4 is 5.32 Å². The number of rotatable bonds is 5. The van der Waals surface area contributed by atoms with E-state index in [1.807, 2.05) is 23.9 Å². The SMILES string of the molecule is CSC1CCCCC1NCC(O)c1ccc(C#N)cc1. The number of nitrogens with one attached hydrogen (secondary N) is 1. The van der Waals surface area contributed by atoms with Crippen LogP contribution in [0, 0.1) is 11.3 Å². The number of benzene rings is 1. The summed E-state index contributed by atoms with van der Waals surface area (Å²) in [5, 5.41) is 23.2. The molecule has 0 spiro atoms. The number of nitriles is 1. The third-order valence-corrected chi connectivity index (χ3v) is 5.17. The fourth-order valence-electron chi connectivity index (χ4n) is 2.77. The van der Waals surface area contributed by atoms with Crippen LogP contribution in [-0.2, 0) is 0 Å². The van der Waals surface area contributed by atoms with Crippen molar-refractivity contribution in [2.75, 3.05) is 12.8 Å². The second kappa shape index (κ2) is 7.68. The molecule has 0 amide bonds. The van der Waals surface area contributed by atoms with Gasteiger partial charge >= 0.3 is 0 Å². The summed E-state index contributed by atoms with van der Waals surface area (Å²) in [4.78, 5) is 0. The van der Waals surface area contributed by atoms with Gasteiger partial charge in [-0.15, -0.1) is 0 Å². The van der Waals surface area contributed by atoms with Crippen LogP contribution in [0.4, 0.5) is 0 Å². The van der Waals surface area contributed by atoms with Crippen molar-refractivity contribution < 1.29 is 5.11 Å². The molecule has 0 aromatic heterocycles. The summed E-state index contributed by atoms with van der Waals surface area (Å²) >= 11 is 1.93. The molecule has 2 rings (SSSR count). The molecule has 1 aliphatic rings. The molecule has 0 heterocycles. The molecule has 1 saturated carbocycles. The van der Waals surface area contributed by atoms with E-state index in [9.17, 15) is 5.11 Å². The minimum absolute atomic E-state index is 0.506.